The molecule has 0 spiro atoms. The number of aliphatic hydroxyl groups is 1. The Morgan fingerprint density at radius 3 is 2.20 bits per heavy atom. The summed E-state index contributed by atoms with van der Waals surface area (Å²) in [7, 11) is 0. The van der Waals surface area contributed by atoms with Crippen LogP contribution in [-0.4, -0.2) is 53.4 Å². The highest BCUT2D eigenvalue weighted by Crippen LogP contribution is 2.74. The Bertz CT molecular complexity index is 1140. The topological polar surface area (TPSA) is 94.6 Å². The molecule has 0 aromatic carbocycles. The van der Waals surface area contributed by atoms with Crippen LogP contribution in [0.2, 0.25) is 0 Å². The molecule has 2 saturated heterocycles. The summed E-state index contributed by atoms with van der Waals surface area (Å²) in [4.78, 5) is 24.7. The molecule has 0 aromatic heterocycles. The maximum atomic E-state index is 12.6. The van der Waals surface area contributed by atoms with Gasteiger partial charge >= 0.3 is 11.9 Å². The van der Waals surface area contributed by atoms with Gasteiger partial charge in [-0.2, -0.15) is 0 Å². The number of esters is 2. The normalized spacial score (nSPS) is 51.1. The summed E-state index contributed by atoms with van der Waals surface area (Å²) in [6.07, 6.45) is 7.61. The molecule has 7 nitrogen and oxygen atoms in total. The maximum Gasteiger partial charge on any atom is 0.304 e. The lowest BCUT2D eigenvalue weighted by atomic mass is 9.37. The summed E-state index contributed by atoms with van der Waals surface area (Å²) < 4.78 is 24.5. The molecule has 12 atom stereocenters. The Hall–Kier alpha value is -1.44. The van der Waals surface area contributed by atoms with Gasteiger partial charge in [0.2, 0.25) is 6.29 Å². The van der Waals surface area contributed by atoms with Crippen LogP contribution in [0, 0.1) is 45.3 Å². The van der Waals surface area contributed by atoms with Gasteiger partial charge in [0, 0.05) is 25.2 Å². The van der Waals surface area contributed by atoms with Crippen LogP contribution in [0.3, 0.4) is 0 Å². The third-order valence-corrected chi connectivity index (χ3v) is 13.4. The van der Waals surface area contributed by atoms with Crippen molar-refractivity contribution in [1.82, 2.24) is 0 Å². The molecule has 41 heavy (non-hydrogen) atoms. The standard InChI is InChI=1S/C34H52O7/c1-18(35)38-27-17-25-30(3,4)26(37)13-15-33(25,8)24-12-14-32(7)21(10-11-23(32)34(24,27)9)20-16-22(28-31(5,6)41-28)40-29(20)39-19(2)36/h11,20-22,24-29,37H,10,12-17H2,1-9H3. The summed E-state index contributed by atoms with van der Waals surface area (Å²) in [5, 5.41) is 11.1. The molecular weight excluding hydrogens is 520 g/mol. The van der Waals surface area contributed by atoms with Crippen LogP contribution in [0.15, 0.2) is 11.6 Å². The van der Waals surface area contributed by atoms with Crippen LogP contribution in [0.4, 0.5) is 0 Å². The molecule has 4 aliphatic carbocycles. The third-order valence-electron chi connectivity index (χ3n) is 13.4. The third kappa shape index (κ3) is 4.22. The van der Waals surface area contributed by atoms with Gasteiger partial charge in [0.15, 0.2) is 0 Å². The lowest BCUT2D eigenvalue weighted by Crippen LogP contribution is -2.66. The Kier molecular flexibility index (Phi) is 6.71. The molecule has 2 aliphatic heterocycles. The Morgan fingerprint density at radius 1 is 0.927 bits per heavy atom. The largest absolute Gasteiger partial charge is 0.462 e. The first-order valence-electron chi connectivity index (χ1n) is 16.0. The molecular formula is C34H52O7. The molecule has 6 rings (SSSR count). The van der Waals surface area contributed by atoms with E-state index in [1.165, 1.54) is 19.4 Å². The van der Waals surface area contributed by atoms with E-state index in [1.807, 2.05) is 0 Å². The van der Waals surface area contributed by atoms with E-state index in [-0.39, 0.29) is 81.4 Å². The Balaban J connectivity index is 1.35. The van der Waals surface area contributed by atoms with Crippen molar-refractivity contribution in [3.8, 4) is 0 Å². The van der Waals surface area contributed by atoms with Crippen LogP contribution in [0.5, 0.6) is 0 Å². The van der Waals surface area contributed by atoms with Crippen LogP contribution < -0.4 is 0 Å². The average molecular weight is 573 g/mol. The molecule has 1 N–H and O–H groups in total. The van der Waals surface area contributed by atoms with Crippen molar-refractivity contribution in [2.75, 3.05) is 0 Å². The Labute approximate surface area is 246 Å². The highest BCUT2D eigenvalue weighted by Gasteiger charge is 2.70. The summed E-state index contributed by atoms with van der Waals surface area (Å²) in [5.41, 5.74) is 0.611. The summed E-state index contributed by atoms with van der Waals surface area (Å²) >= 11 is 0. The van der Waals surface area contributed by atoms with Gasteiger partial charge in [-0.25, -0.2) is 0 Å². The zero-order valence-corrected chi connectivity index (χ0v) is 26.6. The SMILES string of the molecule is CC(=O)OC1OC(C2OC2(C)C)CC1C1CC=C2C1(C)CCC1C3(C)CCC(O)C(C)(C)C3CC(OC(C)=O)C21C. The van der Waals surface area contributed by atoms with Crippen LogP contribution in [0.25, 0.3) is 0 Å². The predicted molar refractivity (Wildman–Crippen MR) is 153 cm³/mol. The number of carbonyl (C=O) groups excluding carboxylic acids is 2. The van der Waals surface area contributed by atoms with Crippen molar-refractivity contribution < 1.29 is 33.6 Å². The van der Waals surface area contributed by atoms with E-state index < -0.39 is 6.29 Å². The first-order chi connectivity index (χ1) is 19.0. The highest BCUT2D eigenvalue weighted by molar-refractivity contribution is 5.66. The quantitative estimate of drug-likeness (QED) is 0.252. The number of aliphatic hydroxyl groups excluding tert-OH is 1. The van der Waals surface area contributed by atoms with Crippen molar-refractivity contribution in [3.63, 3.8) is 0 Å². The molecule has 2 heterocycles. The number of hydrogen-bond donors (Lipinski definition) is 1. The summed E-state index contributed by atoms with van der Waals surface area (Å²) in [6, 6.07) is 0. The van der Waals surface area contributed by atoms with Gasteiger partial charge in [-0.3, -0.25) is 9.59 Å². The number of epoxide rings is 1. The van der Waals surface area contributed by atoms with E-state index in [0.29, 0.717) is 5.92 Å². The summed E-state index contributed by atoms with van der Waals surface area (Å²) in [6.45, 7) is 18.8. The fraction of sp³-hybridized carbons (Fsp3) is 0.882. The first-order valence-corrected chi connectivity index (χ1v) is 16.0. The average Bonchev–Trinajstić information content (AvgIpc) is 3.15. The van der Waals surface area contributed by atoms with Gasteiger partial charge in [0.05, 0.1) is 17.8 Å². The minimum atomic E-state index is -0.573. The van der Waals surface area contributed by atoms with Crippen LogP contribution >= 0.6 is 0 Å². The zero-order valence-electron chi connectivity index (χ0n) is 26.6. The van der Waals surface area contributed by atoms with Gasteiger partial charge in [0.25, 0.3) is 0 Å². The predicted octanol–water partition coefficient (Wildman–Crippen LogP) is 5.97. The lowest BCUT2D eigenvalue weighted by Gasteiger charge is -2.68. The number of hydrogen-bond acceptors (Lipinski definition) is 7. The minimum absolute atomic E-state index is 0.0223. The molecule has 7 heteroatoms. The fourth-order valence-corrected chi connectivity index (χ4v) is 11.3. The van der Waals surface area contributed by atoms with Crippen LogP contribution in [-0.2, 0) is 28.5 Å². The number of ether oxygens (including phenoxy) is 4. The molecule has 0 aromatic rings. The molecule has 0 amide bonds. The van der Waals surface area contributed by atoms with E-state index in [9.17, 15) is 14.7 Å². The zero-order chi connectivity index (χ0) is 29.9. The molecule has 0 bridgehead atoms. The van der Waals surface area contributed by atoms with Gasteiger partial charge < -0.3 is 24.1 Å². The number of fused-ring (bicyclic) bond motifs is 5. The smallest absolute Gasteiger partial charge is 0.304 e. The maximum absolute atomic E-state index is 12.6. The Morgan fingerprint density at radius 2 is 1.59 bits per heavy atom. The molecule has 5 fully saturated rings. The number of carbonyl (C=O) groups is 2. The number of rotatable bonds is 4. The van der Waals surface area contributed by atoms with E-state index >= 15 is 0 Å². The minimum Gasteiger partial charge on any atom is -0.462 e. The van der Waals surface area contributed by atoms with Crippen molar-refractivity contribution in [3.05, 3.63) is 11.6 Å². The van der Waals surface area contributed by atoms with Crippen molar-refractivity contribution in [2.24, 2.45) is 45.3 Å². The molecule has 230 valence electrons. The molecule has 12 unspecified atom stereocenters. The van der Waals surface area contributed by atoms with Gasteiger partial charge in [0.1, 0.15) is 12.2 Å². The second kappa shape index (κ2) is 9.28. The van der Waals surface area contributed by atoms with Crippen molar-refractivity contribution in [2.45, 2.75) is 144 Å². The molecule has 0 radical (unpaired) electrons. The highest BCUT2D eigenvalue weighted by atomic mass is 16.7. The summed E-state index contributed by atoms with van der Waals surface area (Å²) in [5.74, 6) is 0.407. The van der Waals surface area contributed by atoms with E-state index in [2.05, 4.69) is 54.5 Å². The fourth-order valence-electron chi connectivity index (χ4n) is 11.3. The number of allylic oxidation sites excluding steroid dienone is 1. The van der Waals surface area contributed by atoms with Gasteiger partial charge in [-0.1, -0.05) is 46.3 Å². The monoisotopic (exact) mass is 572 g/mol. The molecule has 6 aliphatic rings. The van der Waals surface area contributed by atoms with E-state index in [4.69, 9.17) is 18.9 Å². The van der Waals surface area contributed by atoms with Gasteiger partial charge in [-0.05, 0) is 92.8 Å². The van der Waals surface area contributed by atoms with Crippen LogP contribution in [0.1, 0.15) is 107 Å². The van der Waals surface area contributed by atoms with E-state index in [1.54, 1.807) is 0 Å². The molecule has 3 saturated carbocycles. The van der Waals surface area contributed by atoms with Crippen molar-refractivity contribution in [1.29, 1.82) is 0 Å². The lowest BCUT2D eigenvalue weighted by molar-refractivity contribution is -0.223. The second-order valence-electron chi connectivity index (χ2n) is 16.2. The van der Waals surface area contributed by atoms with Crippen molar-refractivity contribution >= 4 is 11.9 Å². The van der Waals surface area contributed by atoms with E-state index in [0.717, 1.165) is 44.9 Å². The first kappa shape index (κ1) is 29.6. The second-order valence-corrected chi connectivity index (χ2v) is 16.2. The van der Waals surface area contributed by atoms with Gasteiger partial charge in [-0.15, -0.1) is 0 Å².